The molecule has 1 aliphatic heterocycles. The van der Waals surface area contributed by atoms with Crippen LogP contribution in [0.1, 0.15) is 43.7 Å². The standard InChI is InChI=1S/C25H27N3O3/c1-16-14-24(30)27-28-25(16)17-10-12-19(13-11-17)26-21-7-5-8-22(29)20(21)15-18-6-3-4-9-23(18)31-2/h3-4,6,9-13,16,26H,5,7-8,14-15H2,1-2H3,(H,27,30)/t16-/m1/s1. The van der Waals surface area contributed by atoms with Crippen molar-refractivity contribution in [3.63, 3.8) is 0 Å². The Morgan fingerprint density at radius 1 is 1.10 bits per heavy atom. The van der Waals surface area contributed by atoms with Gasteiger partial charge in [-0.05, 0) is 42.2 Å². The smallest absolute Gasteiger partial charge is 0.240 e. The van der Waals surface area contributed by atoms with Crippen LogP contribution in [0.25, 0.3) is 0 Å². The van der Waals surface area contributed by atoms with Crippen LogP contribution >= 0.6 is 0 Å². The number of benzene rings is 2. The summed E-state index contributed by atoms with van der Waals surface area (Å²) in [6, 6.07) is 15.8. The van der Waals surface area contributed by atoms with Crippen molar-refractivity contribution in [3.05, 3.63) is 70.9 Å². The van der Waals surface area contributed by atoms with E-state index < -0.39 is 0 Å². The maximum absolute atomic E-state index is 12.7. The lowest BCUT2D eigenvalue weighted by molar-refractivity contribution is -0.122. The number of Topliss-reactive ketones (excluding diaryl/α,β-unsaturated/α-hetero) is 1. The molecule has 1 aliphatic carbocycles. The predicted molar refractivity (Wildman–Crippen MR) is 121 cm³/mol. The van der Waals surface area contributed by atoms with Gasteiger partial charge < -0.3 is 10.1 Å². The predicted octanol–water partition coefficient (Wildman–Crippen LogP) is 4.22. The lowest BCUT2D eigenvalue weighted by Gasteiger charge is -2.22. The number of methoxy groups -OCH3 is 1. The molecule has 0 radical (unpaired) electrons. The third kappa shape index (κ3) is 4.68. The molecule has 0 spiro atoms. The lowest BCUT2D eigenvalue weighted by atomic mass is 9.89. The van der Waals surface area contributed by atoms with Crippen LogP contribution in [0, 0.1) is 5.92 Å². The van der Waals surface area contributed by atoms with Crippen LogP contribution in [0.4, 0.5) is 5.69 Å². The van der Waals surface area contributed by atoms with Crippen molar-refractivity contribution in [1.82, 2.24) is 5.43 Å². The highest BCUT2D eigenvalue weighted by Gasteiger charge is 2.23. The molecule has 6 nitrogen and oxygen atoms in total. The fourth-order valence-corrected chi connectivity index (χ4v) is 4.18. The SMILES string of the molecule is COc1ccccc1CC1=C(Nc2ccc(C3=NNC(=O)C[C@H]3C)cc2)CCCC1=O. The number of amides is 1. The van der Waals surface area contributed by atoms with E-state index in [4.69, 9.17) is 4.74 Å². The molecular weight excluding hydrogens is 390 g/mol. The van der Waals surface area contributed by atoms with Crippen molar-refractivity contribution < 1.29 is 14.3 Å². The van der Waals surface area contributed by atoms with Crippen LogP contribution in [0.3, 0.4) is 0 Å². The highest BCUT2D eigenvalue weighted by atomic mass is 16.5. The number of nitrogens with one attached hydrogen (secondary N) is 2. The van der Waals surface area contributed by atoms with Crippen LogP contribution in [-0.4, -0.2) is 24.5 Å². The van der Waals surface area contributed by atoms with Gasteiger partial charge in [-0.25, -0.2) is 5.43 Å². The molecule has 4 rings (SSSR count). The maximum Gasteiger partial charge on any atom is 0.240 e. The molecule has 0 saturated carbocycles. The van der Waals surface area contributed by atoms with Crippen molar-refractivity contribution in [2.75, 3.05) is 12.4 Å². The summed E-state index contributed by atoms with van der Waals surface area (Å²) in [6.45, 7) is 2.01. The minimum absolute atomic E-state index is 0.0500. The summed E-state index contributed by atoms with van der Waals surface area (Å²) in [6.07, 6.45) is 3.27. The molecule has 0 aromatic heterocycles. The Morgan fingerprint density at radius 2 is 1.87 bits per heavy atom. The fourth-order valence-electron chi connectivity index (χ4n) is 4.18. The second-order valence-electron chi connectivity index (χ2n) is 8.06. The Labute approximate surface area is 182 Å². The Bertz CT molecular complexity index is 1050. The molecule has 6 heteroatoms. The number of allylic oxidation sites excluding steroid dienone is 2. The highest BCUT2D eigenvalue weighted by Crippen LogP contribution is 2.29. The number of hydrazone groups is 1. The minimum atomic E-state index is -0.0500. The number of ether oxygens (including phenoxy) is 1. The molecule has 2 N–H and O–H groups in total. The van der Waals surface area contributed by atoms with E-state index in [-0.39, 0.29) is 17.6 Å². The Balaban J connectivity index is 1.56. The summed E-state index contributed by atoms with van der Waals surface area (Å²) in [5.74, 6) is 1.02. The molecule has 160 valence electrons. The van der Waals surface area contributed by atoms with E-state index in [9.17, 15) is 9.59 Å². The molecule has 2 aliphatic rings. The Morgan fingerprint density at radius 3 is 2.61 bits per heavy atom. The third-order valence-electron chi connectivity index (χ3n) is 5.83. The largest absolute Gasteiger partial charge is 0.496 e. The Kier molecular flexibility index (Phi) is 6.16. The van der Waals surface area contributed by atoms with Crippen molar-refractivity contribution in [1.29, 1.82) is 0 Å². The van der Waals surface area contributed by atoms with Crippen LogP contribution in [0.15, 0.2) is 64.9 Å². The summed E-state index contributed by atoms with van der Waals surface area (Å²) >= 11 is 0. The molecule has 0 unspecified atom stereocenters. The van der Waals surface area contributed by atoms with Crippen LogP contribution < -0.4 is 15.5 Å². The third-order valence-corrected chi connectivity index (χ3v) is 5.83. The van der Waals surface area contributed by atoms with Gasteiger partial charge in [0.1, 0.15) is 5.75 Å². The summed E-state index contributed by atoms with van der Waals surface area (Å²) in [5.41, 5.74) is 8.18. The van der Waals surface area contributed by atoms with Gasteiger partial charge in [-0.15, -0.1) is 0 Å². The molecule has 1 amide bonds. The first kappa shape index (κ1) is 20.8. The summed E-state index contributed by atoms with van der Waals surface area (Å²) in [4.78, 5) is 24.2. The first-order valence-electron chi connectivity index (χ1n) is 10.7. The quantitative estimate of drug-likeness (QED) is 0.738. The number of para-hydroxylation sites is 1. The zero-order valence-electron chi connectivity index (χ0n) is 17.9. The van der Waals surface area contributed by atoms with E-state index in [0.717, 1.165) is 52.4 Å². The fraction of sp³-hybridized carbons (Fsp3) is 0.320. The number of carbonyl (C=O) groups excluding carboxylic acids is 2. The number of hydrogen-bond acceptors (Lipinski definition) is 5. The van der Waals surface area contributed by atoms with E-state index in [0.29, 0.717) is 19.3 Å². The normalized spacial score (nSPS) is 19.0. The number of nitrogens with zero attached hydrogens (tertiary/aromatic N) is 1. The lowest BCUT2D eigenvalue weighted by Crippen LogP contribution is -2.31. The molecular formula is C25H27N3O3. The molecule has 0 fully saturated rings. The van der Waals surface area contributed by atoms with E-state index in [2.05, 4.69) is 15.8 Å². The first-order valence-corrected chi connectivity index (χ1v) is 10.7. The molecule has 31 heavy (non-hydrogen) atoms. The molecule has 2 aromatic rings. The highest BCUT2D eigenvalue weighted by molar-refractivity contribution is 6.05. The average molecular weight is 418 g/mol. The number of anilines is 1. The van der Waals surface area contributed by atoms with Gasteiger partial charge in [-0.3, -0.25) is 9.59 Å². The monoisotopic (exact) mass is 417 g/mol. The number of rotatable bonds is 6. The van der Waals surface area contributed by atoms with Gasteiger partial charge in [0.15, 0.2) is 5.78 Å². The van der Waals surface area contributed by atoms with Gasteiger partial charge in [0.25, 0.3) is 0 Å². The number of carbonyl (C=O) groups is 2. The van der Waals surface area contributed by atoms with Crippen molar-refractivity contribution >= 4 is 23.1 Å². The topological polar surface area (TPSA) is 79.8 Å². The van der Waals surface area contributed by atoms with Crippen molar-refractivity contribution in [2.24, 2.45) is 11.0 Å². The second-order valence-corrected chi connectivity index (χ2v) is 8.06. The van der Waals surface area contributed by atoms with Gasteiger partial charge >= 0.3 is 0 Å². The molecule has 2 aromatic carbocycles. The molecule has 1 heterocycles. The zero-order chi connectivity index (χ0) is 21.8. The zero-order valence-corrected chi connectivity index (χ0v) is 17.9. The van der Waals surface area contributed by atoms with E-state index in [1.165, 1.54) is 0 Å². The molecule has 1 atom stereocenters. The first-order chi connectivity index (χ1) is 15.0. The van der Waals surface area contributed by atoms with E-state index in [1.54, 1.807) is 7.11 Å². The van der Waals surface area contributed by atoms with Gasteiger partial charge in [-0.2, -0.15) is 5.10 Å². The number of hydrogen-bond donors (Lipinski definition) is 2. The van der Waals surface area contributed by atoms with Crippen molar-refractivity contribution in [3.8, 4) is 5.75 Å². The van der Waals surface area contributed by atoms with Crippen LogP contribution in [0.2, 0.25) is 0 Å². The molecule has 0 bridgehead atoms. The number of ketones is 1. The van der Waals surface area contributed by atoms with Crippen molar-refractivity contribution in [2.45, 2.75) is 39.0 Å². The van der Waals surface area contributed by atoms with Gasteiger partial charge in [0.05, 0.1) is 12.8 Å². The van der Waals surface area contributed by atoms with Gasteiger partial charge in [-0.1, -0.05) is 37.3 Å². The van der Waals surface area contributed by atoms with Crippen LogP contribution in [-0.2, 0) is 16.0 Å². The average Bonchev–Trinajstić information content (AvgIpc) is 2.77. The Hall–Kier alpha value is -3.41. The second kappa shape index (κ2) is 9.16. The summed E-state index contributed by atoms with van der Waals surface area (Å²) < 4.78 is 5.47. The van der Waals surface area contributed by atoms with E-state index >= 15 is 0 Å². The van der Waals surface area contributed by atoms with Gasteiger partial charge in [0, 0.05) is 42.1 Å². The maximum atomic E-state index is 12.7. The summed E-state index contributed by atoms with van der Waals surface area (Å²) in [5, 5.41) is 7.70. The van der Waals surface area contributed by atoms with Crippen LogP contribution in [0.5, 0.6) is 5.75 Å². The van der Waals surface area contributed by atoms with E-state index in [1.807, 2.05) is 55.5 Å². The summed E-state index contributed by atoms with van der Waals surface area (Å²) in [7, 11) is 1.65. The molecule has 0 saturated heterocycles. The minimum Gasteiger partial charge on any atom is -0.496 e. The van der Waals surface area contributed by atoms with Gasteiger partial charge in [0.2, 0.25) is 5.91 Å².